The summed E-state index contributed by atoms with van der Waals surface area (Å²) in [5, 5.41) is 3.58. The summed E-state index contributed by atoms with van der Waals surface area (Å²) >= 11 is 0. The molecule has 0 fully saturated rings. The summed E-state index contributed by atoms with van der Waals surface area (Å²) in [4.78, 5) is 2.27. The van der Waals surface area contributed by atoms with Gasteiger partial charge in [0.2, 0.25) is 0 Å². The van der Waals surface area contributed by atoms with Gasteiger partial charge in [-0.25, -0.2) is 0 Å². The van der Waals surface area contributed by atoms with Gasteiger partial charge in [0, 0.05) is 11.8 Å². The molecule has 1 aliphatic heterocycles. The Morgan fingerprint density at radius 2 is 1.82 bits per heavy atom. The maximum atomic E-state index is 5.81. The molecule has 0 radical (unpaired) electrons. The number of nitrogens with two attached hydrogens (primary N) is 1. The maximum absolute atomic E-state index is 5.81. The van der Waals surface area contributed by atoms with Crippen LogP contribution in [0.2, 0.25) is 0 Å². The van der Waals surface area contributed by atoms with E-state index in [-0.39, 0.29) is 6.17 Å². The first kappa shape index (κ1) is 12.6. The number of benzene rings is 2. The molecule has 1 aliphatic carbocycles. The number of nitrogens with one attached hydrogen (secondary N) is 1. The molecule has 4 rings (SSSR count). The molecule has 2 aromatic rings. The number of nitrogen functional groups attached to an aromatic ring is 1. The van der Waals surface area contributed by atoms with E-state index in [4.69, 9.17) is 5.73 Å². The highest BCUT2D eigenvalue weighted by Gasteiger charge is 2.31. The third-order valence-electron chi connectivity index (χ3n) is 3.89. The van der Waals surface area contributed by atoms with E-state index in [1.807, 2.05) is 36.4 Å². The van der Waals surface area contributed by atoms with Crippen molar-refractivity contribution in [1.29, 1.82) is 0 Å². The largest absolute Gasteiger partial charge is 0.399 e. The van der Waals surface area contributed by atoms with E-state index in [0.29, 0.717) is 0 Å². The van der Waals surface area contributed by atoms with Crippen molar-refractivity contribution in [2.45, 2.75) is 6.17 Å². The molecule has 106 valence electrons. The van der Waals surface area contributed by atoms with Crippen molar-refractivity contribution in [1.82, 2.24) is 0 Å². The van der Waals surface area contributed by atoms with Crippen LogP contribution in [0.15, 0.2) is 83.9 Å². The summed E-state index contributed by atoms with van der Waals surface area (Å²) < 4.78 is 0. The van der Waals surface area contributed by atoms with Crippen molar-refractivity contribution in [2.24, 2.45) is 0 Å². The summed E-state index contributed by atoms with van der Waals surface area (Å²) in [6.45, 7) is 0. The molecule has 2 aromatic carbocycles. The second-order valence-electron chi connectivity index (χ2n) is 5.29. The average Bonchev–Trinajstić information content (AvgIpc) is 2.96. The van der Waals surface area contributed by atoms with Gasteiger partial charge < -0.3 is 16.0 Å². The van der Waals surface area contributed by atoms with Crippen LogP contribution in [-0.4, -0.2) is 0 Å². The van der Waals surface area contributed by atoms with Gasteiger partial charge in [0.05, 0.1) is 17.1 Å². The number of allylic oxidation sites excluding steroid dienone is 3. The van der Waals surface area contributed by atoms with E-state index in [9.17, 15) is 0 Å². The van der Waals surface area contributed by atoms with Gasteiger partial charge in [-0.1, -0.05) is 35.7 Å². The second kappa shape index (κ2) is 5.01. The zero-order chi connectivity index (χ0) is 14.9. The molecule has 22 heavy (non-hydrogen) atoms. The SMILES string of the molecule is Nc1ccc(C2Nc3ccccc3N2C2=CC=C=C=C2)cc1. The molecule has 0 saturated carbocycles. The Bertz CT molecular complexity index is 849. The van der Waals surface area contributed by atoms with Crippen LogP contribution in [0.1, 0.15) is 11.7 Å². The number of hydrogen-bond acceptors (Lipinski definition) is 3. The molecule has 1 heterocycles. The molecule has 0 amide bonds. The topological polar surface area (TPSA) is 41.3 Å². The van der Waals surface area contributed by atoms with Gasteiger partial charge in [-0.2, -0.15) is 0 Å². The first-order valence-electron chi connectivity index (χ1n) is 7.21. The minimum absolute atomic E-state index is 0.0359. The van der Waals surface area contributed by atoms with Gasteiger partial charge in [-0.05, 0) is 42.0 Å². The number of fused-ring (bicyclic) bond motifs is 1. The number of para-hydroxylation sites is 2. The van der Waals surface area contributed by atoms with Gasteiger partial charge in [-0.3, -0.25) is 0 Å². The first-order valence-corrected chi connectivity index (χ1v) is 7.21. The Balaban J connectivity index is 1.81. The number of nitrogens with zero attached hydrogens (tertiary/aromatic N) is 1. The lowest BCUT2D eigenvalue weighted by atomic mass is 10.1. The fraction of sp³-hybridized carbons (Fsp3) is 0.0526. The van der Waals surface area contributed by atoms with Crippen LogP contribution in [0.25, 0.3) is 0 Å². The van der Waals surface area contributed by atoms with E-state index in [2.05, 4.69) is 52.0 Å². The molecule has 0 aromatic heterocycles. The van der Waals surface area contributed by atoms with Gasteiger partial charge in [0.1, 0.15) is 6.17 Å². The maximum Gasteiger partial charge on any atom is 0.130 e. The van der Waals surface area contributed by atoms with Crippen LogP contribution in [0.3, 0.4) is 0 Å². The Hall–Kier alpha value is -3.12. The molecular formula is C19H15N3. The monoisotopic (exact) mass is 285 g/mol. The van der Waals surface area contributed by atoms with E-state index >= 15 is 0 Å². The summed E-state index contributed by atoms with van der Waals surface area (Å²) in [6, 6.07) is 16.3. The highest BCUT2D eigenvalue weighted by Crippen LogP contribution is 2.43. The Kier molecular flexibility index (Phi) is 2.87. The van der Waals surface area contributed by atoms with Gasteiger partial charge in [-0.15, -0.1) is 0 Å². The predicted molar refractivity (Wildman–Crippen MR) is 90.4 cm³/mol. The molecule has 0 spiro atoms. The fourth-order valence-electron chi connectivity index (χ4n) is 2.84. The normalized spacial score (nSPS) is 18.1. The van der Waals surface area contributed by atoms with E-state index in [1.54, 1.807) is 0 Å². The lowest BCUT2D eigenvalue weighted by Gasteiger charge is -2.28. The van der Waals surface area contributed by atoms with E-state index in [1.165, 1.54) is 5.56 Å². The van der Waals surface area contributed by atoms with Crippen LogP contribution in [0.5, 0.6) is 0 Å². The van der Waals surface area contributed by atoms with Crippen LogP contribution in [0.4, 0.5) is 17.1 Å². The average molecular weight is 285 g/mol. The summed E-state index contributed by atoms with van der Waals surface area (Å²) in [6.07, 6.45) is 5.92. The molecule has 3 nitrogen and oxygen atoms in total. The number of rotatable bonds is 2. The van der Waals surface area contributed by atoms with Crippen LogP contribution >= 0.6 is 0 Å². The summed E-state index contributed by atoms with van der Waals surface area (Å²) in [5.41, 5.74) is 17.1. The van der Waals surface area contributed by atoms with Gasteiger partial charge in [0.15, 0.2) is 0 Å². The molecule has 0 bridgehead atoms. The Morgan fingerprint density at radius 1 is 1.00 bits per heavy atom. The van der Waals surface area contributed by atoms with Crippen molar-refractivity contribution in [2.75, 3.05) is 16.0 Å². The lowest BCUT2D eigenvalue weighted by molar-refractivity contribution is 0.802. The summed E-state index contributed by atoms with van der Waals surface area (Å²) in [7, 11) is 0. The molecule has 2 aliphatic rings. The minimum atomic E-state index is 0.0359. The van der Waals surface area contributed by atoms with Crippen molar-refractivity contribution in [3.63, 3.8) is 0 Å². The van der Waals surface area contributed by atoms with E-state index in [0.717, 1.165) is 22.8 Å². The Labute approximate surface area is 129 Å². The number of anilines is 3. The van der Waals surface area contributed by atoms with Crippen LogP contribution < -0.4 is 16.0 Å². The molecule has 3 heteroatoms. The third-order valence-corrected chi connectivity index (χ3v) is 3.89. The van der Waals surface area contributed by atoms with Gasteiger partial charge >= 0.3 is 0 Å². The lowest BCUT2D eigenvalue weighted by Crippen LogP contribution is -2.26. The van der Waals surface area contributed by atoms with Crippen LogP contribution in [-0.2, 0) is 0 Å². The molecular weight excluding hydrogens is 270 g/mol. The van der Waals surface area contributed by atoms with Crippen molar-refractivity contribution >= 4 is 17.1 Å². The van der Waals surface area contributed by atoms with Gasteiger partial charge in [0.25, 0.3) is 0 Å². The van der Waals surface area contributed by atoms with Crippen molar-refractivity contribution in [3.8, 4) is 0 Å². The molecule has 1 unspecified atom stereocenters. The third kappa shape index (κ3) is 2.02. The predicted octanol–water partition coefficient (Wildman–Crippen LogP) is 3.96. The van der Waals surface area contributed by atoms with Crippen molar-refractivity contribution in [3.05, 3.63) is 89.5 Å². The van der Waals surface area contributed by atoms with E-state index < -0.39 is 0 Å². The van der Waals surface area contributed by atoms with Crippen LogP contribution in [0, 0.1) is 0 Å². The smallest absolute Gasteiger partial charge is 0.130 e. The zero-order valence-corrected chi connectivity index (χ0v) is 12.0. The molecule has 3 N–H and O–H groups in total. The summed E-state index contributed by atoms with van der Waals surface area (Å²) in [5.74, 6) is 0. The molecule has 0 saturated heterocycles. The Morgan fingerprint density at radius 3 is 2.59 bits per heavy atom. The standard InChI is InChI=1S/C19H15N3/c20-15-12-10-14(11-13-15)19-21-17-8-4-5-9-18(17)22(19)16-6-2-1-3-7-16/h2,4-13,19,21H,20H2. The molecule has 1 atom stereocenters. The highest BCUT2D eigenvalue weighted by atomic mass is 15.3. The fourth-order valence-corrected chi connectivity index (χ4v) is 2.84. The quantitative estimate of drug-likeness (QED) is 0.648. The highest BCUT2D eigenvalue weighted by molar-refractivity contribution is 5.80. The van der Waals surface area contributed by atoms with Crippen molar-refractivity contribution < 1.29 is 0 Å². The minimum Gasteiger partial charge on any atom is -0.399 e. The second-order valence-corrected chi connectivity index (χ2v) is 5.29. The zero-order valence-electron chi connectivity index (χ0n) is 12.0. The first-order chi connectivity index (χ1) is 10.8. The number of hydrogen-bond donors (Lipinski definition) is 2.